The number of hydrogen-bond acceptors (Lipinski definition) is 4. The van der Waals surface area contributed by atoms with Crippen LogP contribution in [0.3, 0.4) is 0 Å². The molecule has 0 rings (SSSR count). The fourth-order valence-corrected chi connectivity index (χ4v) is 0.479. The molecule has 52 valence electrons. The van der Waals surface area contributed by atoms with Crippen LogP contribution in [-0.2, 0) is 18.6 Å². The molecular formula is C4H8O4P+. The van der Waals surface area contributed by atoms with Crippen LogP contribution in [0.2, 0.25) is 0 Å². The van der Waals surface area contributed by atoms with Gasteiger partial charge in [-0.1, -0.05) is 0 Å². The molecule has 0 aromatic carbocycles. The standard InChI is InChI=1S/C4H8O4P/c1-3(5)7-9-8-4(2)6/h9H2,1-2H3/q+1. The Balaban J connectivity index is 3.10. The number of rotatable bonds is 2. The van der Waals surface area contributed by atoms with Crippen molar-refractivity contribution in [1.29, 1.82) is 0 Å². The minimum Gasteiger partial charge on any atom is -0.278 e. The van der Waals surface area contributed by atoms with E-state index >= 15 is 0 Å². The molecule has 0 aliphatic carbocycles. The maximum atomic E-state index is 10.0. The lowest BCUT2D eigenvalue weighted by Crippen LogP contribution is -1.92. The van der Waals surface area contributed by atoms with Crippen LogP contribution in [0, 0.1) is 0 Å². The molecule has 0 aromatic heterocycles. The molecule has 4 nitrogen and oxygen atoms in total. The first-order valence-electron chi connectivity index (χ1n) is 2.29. The van der Waals surface area contributed by atoms with Crippen LogP contribution < -0.4 is 0 Å². The molecule has 0 unspecified atom stereocenters. The summed E-state index contributed by atoms with van der Waals surface area (Å²) in [5.74, 6) is -0.850. The van der Waals surface area contributed by atoms with E-state index in [1.807, 2.05) is 0 Å². The summed E-state index contributed by atoms with van der Waals surface area (Å²) in [6.07, 6.45) is 0. The lowest BCUT2D eigenvalue weighted by atomic mass is 10.9. The highest BCUT2D eigenvalue weighted by atomic mass is 31.1. The molecule has 0 heterocycles. The molecule has 0 saturated heterocycles. The minimum absolute atomic E-state index is 0.425. The van der Waals surface area contributed by atoms with Crippen molar-refractivity contribution in [2.45, 2.75) is 13.8 Å². The van der Waals surface area contributed by atoms with Crippen LogP contribution in [0.15, 0.2) is 0 Å². The summed E-state index contributed by atoms with van der Waals surface area (Å²) in [4.78, 5) is 20.1. The van der Waals surface area contributed by atoms with E-state index in [0.717, 1.165) is 0 Å². The van der Waals surface area contributed by atoms with E-state index in [1.54, 1.807) is 0 Å². The van der Waals surface area contributed by atoms with Crippen LogP contribution in [-0.4, -0.2) is 11.9 Å². The third kappa shape index (κ3) is 7.37. The lowest BCUT2D eigenvalue weighted by molar-refractivity contribution is -0.134. The normalized spacial score (nSPS) is 8.22. The van der Waals surface area contributed by atoms with E-state index in [2.05, 4.69) is 9.05 Å². The van der Waals surface area contributed by atoms with Gasteiger partial charge >= 0.3 is 21.0 Å². The number of hydrogen-bond donors (Lipinski definition) is 0. The Bertz CT molecular complexity index is 108. The first kappa shape index (κ1) is 8.37. The number of carbonyl (C=O) groups is 2. The van der Waals surface area contributed by atoms with Gasteiger partial charge in [0.1, 0.15) is 0 Å². The first-order valence-corrected chi connectivity index (χ1v) is 3.23. The summed E-state index contributed by atoms with van der Waals surface area (Å²) in [7, 11) is -0.944. The predicted octanol–water partition coefficient (Wildman–Crippen LogP) is 0.353. The molecule has 0 bridgehead atoms. The average Bonchev–Trinajstić information content (AvgIpc) is 1.63. The van der Waals surface area contributed by atoms with E-state index in [9.17, 15) is 9.59 Å². The highest BCUT2D eigenvalue weighted by Gasteiger charge is 2.01. The van der Waals surface area contributed by atoms with Crippen LogP contribution in [0.1, 0.15) is 13.8 Å². The smallest absolute Gasteiger partial charge is 0.278 e. The first-order chi connectivity index (χ1) is 4.13. The third-order valence-corrected chi connectivity index (χ3v) is 1.28. The van der Waals surface area contributed by atoms with Crippen molar-refractivity contribution < 1.29 is 18.6 Å². The van der Waals surface area contributed by atoms with E-state index in [-0.39, 0.29) is 0 Å². The molecule has 0 radical (unpaired) electrons. The second-order valence-electron chi connectivity index (χ2n) is 1.32. The SMILES string of the molecule is CC(=O)O[PH2+]OC(C)=O. The summed E-state index contributed by atoms with van der Waals surface area (Å²) in [5, 5.41) is 0. The largest absolute Gasteiger partial charge is 0.351 e. The molecule has 0 aliphatic heterocycles. The van der Waals surface area contributed by atoms with Crippen LogP contribution >= 0.6 is 9.03 Å². The minimum atomic E-state index is -0.944. The van der Waals surface area contributed by atoms with Gasteiger partial charge < -0.3 is 0 Å². The maximum absolute atomic E-state index is 10.0. The highest BCUT2D eigenvalue weighted by Crippen LogP contribution is 2.12. The second-order valence-corrected chi connectivity index (χ2v) is 1.98. The molecule has 0 aromatic rings. The molecule has 0 fully saturated rings. The molecule has 9 heavy (non-hydrogen) atoms. The van der Waals surface area contributed by atoms with Crippen molar-refractivity contribution in [3.63, 3.8) is 0 Å². The maximum Gasteiger partial charge on any atom is 0.351 e. The van der Waals surface area contributed by atoms with Gasteiger partial charge in [-0.15, -0.1) is 0 Å². The highest BCUT2D eigenvalue weighted by molar-refractivity contribution is 7.27. The average molecular weight is 151 g/mol. The molecular weight excluding hydrogens is 143 g/mol. The number of carbonyl (C=O) groups excluding carboxylic acids is 2. The van der Waals surface area contributed by atoms with Crippen LogP contribution in [0.4, 0.5) is 0 Å². The van der Waals surface area contributed by atoms with Gasteiger partial charge in [-0.3, -0.25) is 9.05 Å². The predicted molar refractivity (Wildman–Crippen MR) is 33.2 cm³/mol. The lowest BCUT2D eigenvalue weighted by Gasteiger charge is -1.88. The molecule has 0 spiro atoms. The monoisotopic (exact) mass is 151 g/mol. The van der Waals surface area contributed by atoms with E-state index in [4.69, 9.17) is 0 Å². The van der Waals surface area contributed by atoms with Crippen molar-refractivity contribution in [2.24, 2.45) is 0 Å². The summed E-state index contributed by atoms with van der Waals surface area (Å²) in [6, 6.07) is 0. The Hall–Kier alpha value is -0.630. The van der Waals surface area contributed by atoms with Gasteiger partial charge in [-0.05, 0) is 0 Å². The van der Waals surface area contributed by atoms with Gasteiger partial charge in [0.25, 0.3) is 0 Å². The van der Waals surface area contributed by atoms with Gasteiger partial charge in [-0.2, -0.15) is 0 Å². The molecule has 0 aliphatic rings. The molecule has 5 heteroatoms. The Morgan fingerprint density at radius 1 is 1.11 bits per heavy atom. The second kappa shape index (κ2) is 4.27. The molecule has 0 N–H and O–H groups in total. The van der Waals surface area contributed by atoms with Gasteiger partial charge in [0.05, 0.1) is 0 Å². The van der Waals surface area contributed by atoms with Crippen molar-refractivity contribution >= 4 is 21.0 Å². The van der Waals surface area contributed by atoms with Gasteiger partial charge in [0.2, 0.25) is 0 Å². The van der Waals surface area contributed by atoms with Crippen molar-refractivity contribution in [3.8, 4) is 0 Å². The Kier molecular flexibility index (Phi) is 3.97. The topological polar surface area (TPSA) is 52.6 Å². The van der Waals surface area contributed by atoms with Crippen molar-refractivity contribution in [1.82, 2.24) is 0 Å². The fourth-order valence-electron chi connectivity index (χ4n) is 0.160. The molecule has 0 saturated carbocycles. The quantitative estimate of drug-likeness (QED) is 0.534. The van der Waals surface area contributed by atoms with Gasteiger partial charge in [-0.25, -0.2) is 9.59 Å². The van der Waals surface area contributed by atoms with Crippen LogP contribution in [0.5, 0.6) is 0 Å². The summed E-state index contributed by atoms with van der Waals surface area (Å²) >= 11 is 0. The molecule has 0 amide bonds. The Morgan fingerprint density at radius 3 is 1.67 bits per heavy atom. The van der Waals surface area contributed by atoms with Crippen molar-refractivity contribution in [2.75, 3.05) is 0 Å². The van der Waals surface area contributed by atoms with Crippen LogP contribution in [0.25, 0.3) is 0 Å². The summed E-state index contributed by atoms with van der Waals surface area (Å²) in [5.41, 5.74) is 0. The van der Waals surface area contributed by atoms with Gasteiger partial charge in [0, 0.05) is 13.8 Å². The third-order valence-electron chi connectivity index (χ3n) is 0.428. The molecule has 0 atom stereocenters. The van der Waals surface area contributed by atoms with E-state index < -0.39 is 21.0 Å². The summed E-state index contributed by atoms with van der Waals surface area (Å²) < 4.78 is 8.71. The van der Waals surface area contributed by atoms with E-state index in [0.29, 0.717) is 0 Å². The zero-order chi connectivity index (χ0) is 7.28. The fraction of sp³-hybridized carbons (Fsp3) is 0.500. The Labute approximate surface area is 54.5 Å². The Morgan fingerprint density at radius 2 is 1.44 bits per heavy atom. The zero-order valence-electron chi connectivity index (χ0n) is 5.21. The van der Waals surface area contributed by atoms with E-state index in [1.165, 1.54) is 13.8 Å². The zero-order valence-corrected chi connectivity index (χ0v) is 6.37. The van der Waals surface area contributed by atoms with Crippen molar-refractivity contribution in [3.05, 3.63) is 0 Å². The van der Waals surface area contributed by atoms with Gasteiger partial charge in [0.15, 0.2) is 0 Å². The summed E-state index contributed by atoms with van der Waals surface area (Å²) in [6.45, 7) is 2.52.